The zero-order valence-corrected chi connectivity index (χ0v) is 11.5. The first kappa shape index (κ1) is 15.9. The minimum atomic E-state index is -4.37. The van der Waals surface area contributed by atoms with E-state index in [9.17, 15) is 18.0 Å². The topological polar surface area (TPSA) is 26.3 Å². The summed E-state index contributed by atoms with van der Waals surface area (Å²) in [6.45, 7) is 3.75. The molecule has 0 bridgehead atoms. The Morgan fingerprint density at radius 2 is 2.05 bits per heavy atom. The summed E-state index contributed by atoms with van der Waals surface area (Å²) >= 11 is 1.09. The summed E-state index contributed by atoms with van der Waals surface area (Å²) < 4.78 is 42.6. The third-order valence-electron chi connectivity index (χ3n) is 2.36. The van der Waals surface area contributed by atoms with E-state index in [1.54, 1.807) is 19.9 Å². The van der Waals surface area contributed by atoms with Crippen molar-refractivity contribution in [3.05, 3.63) is 29.8 Å². The van der Waals surface area contributed by atoms with Crippen LogP contribution in [0.1, 0.15) is 25.8 Å². The van der Waals surface area contributed by atoms with Crippen LogP contribution < -0.4 is 0 Å². The van der Waals surface area contributed by atoms with Crippen LogP contribution >= 0.6 is 11.8 Å². The zero-order valence-electron chi connectivity index (χ0n) is 10.7. The van der Waals surface area contributed by atoms with Gasteiger partial charge in [-0.15, -0.1) is 11.8 Å². The van der Waals surface area contributed by atoms with Gasteiger partial charge in [0.25, 0.3) is 0 Å². The molecular weight excluding hydrogens is 277 g/mol. The average Bonchev–Trinajstić information content (AvgIpc) is 2.35. The number of halogens is 3. The van der Waals surface area contributed by atoms with Gasteiger partial charge in [-0.1, -0.05) is 13.0 Å². The predicted octanol–water partition coefficient (Wildman–Crippen LogP) is 4.14. The van der Waals surface area contributed by atoms with Crippen LogP contribution in [-0.2, 0) is 15.7 Å². The van der Waals surface area contributed by atoms with Crippen LogP contribution in [0.2, 0.25) is 0 Å². The van der Waals surface area contributed by atoms with Crippen molar-refractivity contribution in [3.8, 4) is 0 Å². The van der Waals surface area contributed by atoms with Crippen LogP contribution in [0.15, 0.2) is 29.2 Å². The zero-order chi connectivity index (χ0) is 14.5. The Morgan fingerprint density at radius 3 is 2.58 bits per heavy atom. The van der Waals surface area contributed by atoms with Crippen molar-refractivity contribution in [2.75, 3.05) is 6.61 Å². The Hall–Kier alpha value is -1.17. The number of alkyl halides is 3. The molecule has 6 heteroatoms. The molecule has 0 spiro atoms. The van der Waals surface area contributed by atoms with Crippen LogP contribution in [0.5, 0.6) is 0 Å². The van der Waals surface area contributed by atoms with Crippen LogP contribution in [0.25, 0.3) is 0 Å². The highest BCUT2D eigenvalue weighted by Crippen LogP contribution is 2.33. The lowest BCUT2D eigenvalue weighted by molar-refractivity contribution is -0.142. The molecule has 1 rings (SSSR count). The van der Waals surface area contributed by atoms with Crippen molar-refractivity contribution in [2.45, 2.75) is 36.6 Å². The molecule has 0 heterocycles. The number of hydrogen-bond donors (Lipinski definition) is 0. The van der Waals surface area contributed by atoms with Gasteiger partial charge in [0.2, 0.25) is 0 Å². The fourth-order valence-corrected chi connectivity index (χ4v) is 2.45. The molecule has 0 aliphatic heterocycles. The van der Waals surface area contributed by atoms with Crippen LogP contribution in [0.3, 0.4) is 0 Å². The predicted molar refractivity (Wildman–Crippen MR) is 68.0 cm³/mol. The first-order chi connectivity index (χ1) is 8.88. The van der Waals surface area contributed by atoms with Gasteiger partial charge in [0.05, 0.1) is 12.2 Å². The highest BCUT2D eigenvalue weighted by Gasteiger charge is 2.30. The van der Waals surface area contributed by atoms with E-state index in [1.807, 2.05) is 0 Å². The molecule has 0 radical (unpaired) electrons. The van der Waals surface area contributed by atoms with E-state index in [4.69, 9.17) is 4.74 Å². The molecule has 2 nitrogen and oxygen atoms in total. The van der Waals surface area contributed by atoms with Gasteiger partial charge in [0, 0.05) is 4.90 Å². The number of hydrogen-bond acceptors (Lipinski definition) is 3. The van der Waals surface area contributed by atoms with Crippen molar-refractivity contribution in [1.29, 1.82) is 0 Å². The number of rotatable bonds is 5. The van der Waals surface area contributed by atoms with Gasteiger partial charge in [-0.3, -0.25) is 4.79 Å². The first-order valence-electron chi connectivity index (χ1n) is 5.89. The van der Waals surface area contributed by atoms with Crippen molar-refractivity contribution >= 4 is 17.7 Å². The quantitative estimate of drug-likeness (QED) is 0.602. The van der Waals surface area contributed by atoms with Gasteiger partial charge in [-0.25, -0.2) is 0 Å². The number of esters is 1. The fourth-order valence-electron chi connectivity index (χ4n) is 1.44. The van der Waals surface area contributed by atoms with Gasteiger partial charge < -0.3 is 4.74 Å². The smallest absolute Gasteiger partial charge is 0.416 e. The number of carbonyl (C=O) groups is 1. The highest BCUT2D eigenvalue weighted by atomic mass is 32.2. The molecule has 0 aromatic heterocycles. The lowest BCUT2D eigenvalue weighted by Gasteiger charge is -2.14. The monoisotopic (exact) mass is 292 g/mol. The molecule has 1 aromatic carbocycles. The van der Waals surface area contributed by atoms with E-state index in [1.165, 1.54) is 6.07 Å². The molecule has 0 N–H and O–H groups in total. The largest absolute Gasteiger partial charge is 0.465 e. The molecule has 1 unspecified atom stereocenters. The van der Waals surface area contributed by atoms with E-state index in [-0.39, 0.29) is 6.61 Å². The summed E-state index contributed by atoms with van der Waals surface area (Å²) in [5.74, 6) is -0.396. The van der Waals surface area contributed by atoms with Gasteiger partial charge in [-0.05, 0) is 31.5 Å². The van der Waals surface area contributed by atoms with E-state index in [0.717, 1.165) is 23.9 Å². The van der Waals surface area contributed by atoms with Gasteiger partial charge in [0.15, 0.2) is 0 Å². The second kappa shape index (κ2) is 6.84. The average molecular weight is 292 g/mol. The molecule has 0 aliphatic rings. The summed E-state index contributed by atoms with van der Waals surface area (Å²) in [7, 11) is 0. The second-order valence-electron chi connectivity index (χ2n) is 3.79. The Bertz CT molecular complexity index is 432. The van der Waals surface area contributed by atoms with Crippen molar-refractivity contribution < 1.29 is 22.7 Å². The van der Waals surface area contributed by atoms with Crippen molar-refractivity contribution in [2.24, 2.45) is 0 Å². The van der Waals surface area contributed by atoms with Crippen molar-refractivity contribution in [1.82, 2.24) is 0 Å². The third kappa shape index (κ3) is 4.78. The number of carbonyl (C=O) groups excluding carboxylic acids is 1. The minimum absolute atomic E-state index is 0.262. The lowest BCUT2D eigenvalue weighted by Crippen LogP contribution is -2.19. The SMILES string of the molecule is CCOC(=O)C(CC)Sc1cccc(C(F)(F)F)c1. The molecule has 19 heavy (non-hydrogen) atoms. The minimum Gasteiger partial charge on any atom is -0.465 e. The Labute approximate surface area is 114 Å². The second-order valence-corrected chi connectivity index (χ2v) is 5.07. The third-order valence-corrected chi connectivity index (χ3v) is 3.70. The molecule has 0 saturated heterocycles. The van der Waals surface area contributed by atoms with Crippen molar-refractivity contribution in [3.63, 3.8) is 0 Å². The molecule has 106 valence electrons. The van der Waals surface area contributed by atoms with Crippen LogP contribution in [-0.4, -0.2) is 17.8 Å². The lowest BCUT2D eigenvalue weighted by atomic mass is 10.2. The molecule has 0 amide bonds. The van der Waals surface area contributed by atoms with E-state index in [2.05, 4.69) is 0 Å². The van der Waals surface area contributed by atoms with Gasteiger partial charge in [0.1, 0.15) is 5.25 Å². The summed E-state index contributed by atoms with van der Waals surface area (Å²) in [5.41, 5.74) is -0.712. The van der Waals surface area contributed by atoms with E-state index in [0.29, 0.717) is 11.3 Å². The number of ether oxygens (including phenoxy) is 1. The molecule has 0 saturated carbocycles. The fraction of sp³-hybridized carbons (Fsp3) is 0.462. The molecule has 1 atom stereocenters. The summed E-state index contributed by atoms with van der Waals surface area (Å²) in [6.07, 6.45) is -3.87. The van der Waals surface area contributed by atoms with Gasteiger partial charge in [-0.2, -0.15) is 13.2 Å². The molecule has 0 aliphatic carbocycles. The Kier molecular flexibility index (Phi) is 5.72. The van der Waals surface area contributed by atoms with E-state index < -0.39 is 23.0 Å². The Balaban J connectivity index is 2.83. The normalized spacial score (nSPS) is 13.1. The summed E-state index contributed by atoms with van der Waals surface area (Å²) in [4.78, 5) is 12.0. The highest BCUT2D eigenvalue weighted by molar-refractivity contribution is 8.00. The van der Waals surface area contributed by atoms with Crippen LogP contribution in [0, 0.1) is 0 Å². The van der Waals surface area contributed by atoms with Crippen LogP contribution in [0.4, 0.5) is 13.2 Å². The molecule has 0 fully saturated rings. The first-order valence-corrected chi connectivity index (χ1v) is 6.77. The van der Waals surface area contributed by atoms with Gasteiger partial charge >= 0.3 is 12.1 Å². The maximum Gasteiger partial charge on any atom is 0.416 e. The number of thioether (sulfide) groups is 1. The maximum absolute atomic E-state index is 12.6. The summed E-state index contributed by atoms with van der Waals surface area (Å²) in [5, 5.41) is -0.483. The summed E-state index contributed by atoms with van der Waals surface area (Å²) in [6, 6.07) is 4.95. The molecular formula is C13H15F3O2S. The Morgan fingerprint density at radius 1 is 1.37 bits per heavy atom. The molecule has 1 aromatic rings. The van der Waals surface area contributed by atoms with E-state index >= 15 is 0 Å². The number of benzene rings is 1. The standard InChI is InChI=1S/C13H15F3O2S/c1-3-11(12(17)18-4-2)19-10-7-5-6-9(8-10)13(14,15)16/h5-8,11H,3-4H2,1-2H3. The maximum atomic E-state index is 12.6.